The fraction of sp³-hybridized carbons (Fsp3) is 0.438. The molecule has 8 heteroatoms. The molecule has 0 radical (unpaired) electrons. The van der Waals surface area contributed by atoms with Gasteiger partial charge in [0.2, 0.25) is 10.0 Å². The summed E-state index contributed by atoms with van der Waals surface area (Å²) in [6.07, 6.45) is 4.88. The van der Waals surface area contributed by atoms with Crippen molar-refractivity contribution < 1.29 is 17.2 Å². The monoisotopic (exact) mass is 355 g/mol. The van der Waals surface area contributed by atoms with Crippen LogP contribution in [0.2, 0.25) is 0 Å². The molecule has 1 aliphatic carbocycles. The van der Waals surface area contributed by atoms with Crippen molar-refractivity contribution >= 4 is 10.0 Å². The molecule has 5 nitrogen and oxygen atoms in total. The first-order chi connectivity index (χ1) is 11.4. The van der Waals surface area contributed by atoms with Crippen molar-refractivity contribution in [3.63, 3.8) is 0 Å². The first-order valence-corrected chi connectivity index (χ1v) is 9.41. The number of alkyl halides is 2. The number of halogens is 2. The Kier molecular flexibility index (Phi) is 4.69. The maximum Gasteiger partial charge on any atom is 0.265 e. The largest absolute Gasteiger partial charge is 0.265 e. The van der Waals surface area contributed by atoms with Crippen LogP contribution in [0, 0.1) is 0 Å². The molecule has 0 aliphatic heterocycles. The van der Waals surface area contributed by atoms with Crippen molar-refractivity contribution in [2.75, 3.05) is 0 Å². The van der Waals surface area contributed by atoms with Gasteiger partial charge in [-0.1, -0.05) is 19.3 Å². The third kappa shape index (κ3) is 3.34. The van der Waals surface area contributed by atoms with Crippen LogP contribution in [0.25, 0.3) is 5.69 Å². The summed E-state index contributed by atoms with van der Waals surface area (Å²) >= 11 is 0. The third-order valence-electron chi connectivity index (χ3n) is 4.48. The zero-order valence-electron chi connectivity index (χ0n) is 13.0. The van der Waals surface area contributed by atoms with Crippen LogP contribution in [0.4, 0.5) is 8.78 Å². The minimum absolute atomic E-state index is 0.0865. The molecule has 130 valence electrons. The van der Waals surface area contributed by atoms with Crippen molar-refractivity contribution in [2.24, 2.45) is 5.14 Å². The SMILES string of the molecule is NS(=O)(=O)c1cc(C2CCCCC2)cc(C(F)F)c1-n1cccn1. The molecule has 1 aromatic heterocycles. The second-order valence-electron chi connectivity index (χ2n) is 6.09. The average molecular weight is 355 g/mol. The summed E-state index contributed by atoms with van der Waals surface area (Å²) in [6, 6.07) is 4.39. The van der Waals surface area contributed by atoms with Gasteiger partial charge in [-0.2, -0.15) is 5.10 Å². The molecule has 0 saturated heterocycles. The zero-order valence-corrected chi connectivity index (χ0v) is 13.8. The summed E-state index contributed by atoms with van der Waals surface area (Å²) in [6.45, 7) is 0. The first-order valence-electron chi connectivity index (χ1n) is 7.86. The highest BCUT2D eigenvalue weighted by Gasteiger charge is 2.27. The summed E-state index contributed by atoms with van der Waals surface area (Å²) in [5.74, 6) is 0.0865. The van der Waals surface area contributed by atoms with Crippen LogP contribution in [0.5, 0.6) is 0 Å². The molecule has 0 atom stereocenters. The maximum absolute atomic E-state index is 13.7. The Morgan fingerprint density at radius 1 is 1.21 bits per heavy atom. The van der Waals surface area contributed by atoms with E-state index in [0.29, 0.717) is 5.56 Å². The molecule has 2 aromatic rings. The molecule has 1 fully saturated rings. The minimum Gasteiger partial charge on any atom is -0.239 e. The number of aromatic nitrogens is 2. The van der Waals surface area contributed by atoms with Gasteiger partial charge in [-0.15, -0.1) is 0 Å². The van der Waals surface area contributed by atoms with E-state index in [9.17, 15) is 17.2 Å². The number of sulfonamides is 1. The van der Waals surface area contributed by atoms with Crippen LogP contribution in [0.15, 0.2) is 35.5 Å². The van der Waals surface area contributed by atoms with Crippen LogP contribution in [0.3, 0.4) is 0 Å². The van der Waals surface area contributed by atoms with Gasteiger partial charge in [0.25, 0.3) is 6.43 Å². The van der Waals surface area contributed by atoms with Crippen molar-refractivity contribution in [1.29, 1.82) is 0 Å². The summed E-state index contributed by atoms with van der Waals surface area (Å²) < 4.78 is 52.5. The Balaban J connectivity index is 2.24. The van der Waals surface area contributed by atoms with Crippen molar-refractivity contribution in [3.8, 4) is 5.69 Å². The Morgan fingerprint density at radius 3 is 2.46 bits per heavy atom. The third-order valence-corrected chi connectivity index (χ3v) is 5.40. The van der Waals surface area contributed by atoms with Gasteiger partial charge >= 0.3 is 0 Å². The molecular formula is C16H19F2N3O2S. The smallest absolute Gasteiger partial charge is 0.239 e. The first kappa shape index (κ1) is 17.0. The van der Waals surface area contributed by atoms with Gasteiger partial charge in [0.05, 0.1) is 5.69 Å². The molecule has 1 aromatic carbocycles. The Morgan fingerprint density at radius 2 is 1.92 bits per heavy atom. The van der Waals surface area contributed by atoms with Gasteiger partial charge in [0.1, 0.15) is 4.90 Å². The van der Waals surface area contributed by atoms with Crippen LogP contribution in [0.1, 0.15) is 55.6 Å². The molecule has 0 spiro atoms. The van der Waals surface area contributed by atoms with Gasteiger partial charge in [0, 0.05) is 18.0 Å². The van der Waals surface area contributed by atoms with Crippen LogP contribution >= 0.6 is 0 Å². The molecule has 0 amide bonds. The van der Waals surface area contributed by atoms with Crippen LogP contribution < -0.4 is 5.14 Å². The number of nitrogens with two attached hydrogens (primary N) is 1. The van der Waals surface area contributed by atoms with Gasteiger partial charge in [-0.3, -0.25) is 0 Å². The van der Waals surface area contributed by atoms with Crippen LogP contribution in [-0.4, -0.2) is 18.2 Å². The summed E-state index contributed by atoms with van der Waals surface area (Å²) in [4.78, 5) is -0.301. The van der Waals surface area contributed by atoms with E-state index in [1.807, 2.05) is 0 Å². The molecule has 3 rings (SSSR count). The van der Waals surface area contributed by atoms with Crippen LogP contribution in [-0.2, 0) is 10.0 Å². The number of primary sulfonamides is 1. The predicted octanol–water partition coefficient (Wildman–Crippen LogP) is 3.51. The zero-order chi connectivity index (χ0) is 17.3. The predicted molar refractivity (Wildman–Crippen MR) is 85.7 cm³/mol. The lowest BCUT2D eigenvalue weighted by Gasteiger charge is -2.24. The van der Waals surface area contributed by atoms with E-state index in [-0.39, 0.29) is 22.1 Å². The quantitative estimate of drug-likeness (QED) is 0.912. The van der Waals surface area contributed by atoms with E-state index in [4.69, 9.17) is 5.14 Å². The number of rotatable bonds is 4. The standard InChI is InChI=1S/C16H19F2N3O2S/c17-16(18)13-9-12(11-5-2-1-3-6-11)10-14(24(19,22)23)15(13)21-8-4-7-20-21/h4,7-11,16H,1-3,5-6H2,(H2,19,22,23). The summed E-state index contributed by atoms with van der Waals surface area (Å²) in [5, 5.41) is 9.23. The van der Waals surface area contributed by atoms with Gasteiger partial charge < -0.3 is 0 Å². The highest BCUT2D eigenvalue weighted by molar-refractivity contribution is 7.89. The number of benzene rings is 1. The molecule has 1 saturated carbocycles. The van der Waals surface area contributed by atoms with E-state index in [2.05, 4.69) is 5.10 Å². The minimum atomic E-state index is -4.17. The summed E-state index contributed by atoms with van der Waals surface area (Å²) in [5.41, 5.74) is 0.0905. The molecule has 1 aliphatic rings. The number of hydrogen-bond acceptors (Lipinski definition) is 3. The second kappa shape index (κ2) is 6.60. The summed E-state index contributed by atoms with van der Waals surface area (Å²) in [7, 11) is -4.17. The molecular weight excluding hydrogens is 336 g/mol. The Hall–Kier alpha value is -1.80. The highest BCUT2D eigenvalue weighted by Crippen LogP contribution is 2.38. The van der Waals surface area contributed by atoms with Crippen molar-refractivity contribution in [3.05, 3.63) is 41.7 Å². The van der Waals surface area contributed by atoms with Gasteiger partial charge in [-0.25, -0.2) is 27.0 Å². The lowest BCUT2D eigenvalue weighted by atomic mass is 9.83. The lowest BCUT2D eigenvalue weighted by Crippen LogP contribution is -2.19. The number of nitrogens with zero attached hydrogens (tertiary/aromatic N) is 2. The fourth-order valence-electron chi connectivity index (χ4n) is 3.35. The van der Waals surface area contributed by atoms with Crippen molar-refractivity contribution in [1.82, 2.24) is 9.78 Å². The van der Waals surface area contributed by atoms with E-state index < -0.39 is 16.4 Å². The van der Waals surface area contributed by atoms with Gasteiger partial charge in [-0.05, 0) is 42.5 Å². The Labute approximate surface area is 139 Å². The highest BCUT2D eigenvalue weighted by atomic mass is 32.2. The van der Waals surface area contributed by atoms with E-state index >= 15 is 0 Å². The number of hydrogen-bond donors (Lipinski definition) is 1. The normalized spacial score (nSPS) is 16.7. The van der Waals surface area contributed by atoms with E-state index in [0.717, 1.165) is 36.8 Å². The second-order valence-corrected chi connectivity index (χ2v) is 7.62. The topological polar surface area (TPSA) is 78.0 Å². The molecule has 1 heterocycles. The van der Waals surface area contributed by atoms with E-state index in [1.165, 1.54) is 30.6 Å². The Bertz CT molecular complexity index is 814. The molecule has 0 unspecified atom stereocenters. The van der Waals surface area contributed by atoms with Gasteiger partial charge in [0.15, 0.2) is 0 Å². The lowest BCUT2D eigenvalue weighted by molar-refractivity contribution is 0.150. The average Bonchev–Trinajstić information content (AvgIpc) is 3.07. The maximum atomic E-state index is 13.7. The molecule has 24 heavy (non-hydrogen) atoms. The van der Waals surface area contributed by atoms with Crippen molar-refractivity contribution in [2.45, 2.75) is 49.3 Å². The molecule has 0 bridgehead atoms. The molecule has 2 N–H and O–H groups in total. The fourth-order valence-corrected chi connectivity index (χ4v) is 4.13. The van der Waals surface area contributed by atoms with E-state index in [1.54, 1.807) is 0 Å².